The van der Waals surface area contributed by atoms with Crippen LogP contribution in [0.25, 0.3) is 17.7 Å². The van der Waals surface area contributed by atoms with Gasteiger partial charge in [-0.05, 0) is 41.0 Å². The van der Waals surface area contributed by atoms with Crippen molar-refractivity contribution in [3.8, 4) is 0 Å². The van der Waals surface area contributed by atoms with Crippen LogP contribution >= 0.6 is 0 Å². The summed E-state index contributed by atoms with van der Waals surface area (Å²) in [7, 11) is 3.31. The van der Waals surface area contributed by atoms with E-state index < -0.39 is 5.91 Å². The molecule has 0 spiro atoms. The van der Waals surface area contributed by atoms with Crippen LogP contribution in [0.5, 0.6) is 0 Å². The lowest BCUT2D eigenvalue weighted by molar-refractivity contribution is -0.124. The highest BCUT2D eigenvalue weighted by atomic mass is 19.1. The van der Waals surface area contributed by atoms with Crippen LogP contribution in [-0.2, 0) is 9.59 Å². The van der Waals surface area contributed by atoms with Crippen LogP contribution in [0.2, 0.25) is 0 Å². The Morgan fingerprint density at radius 2 is 1.58 bits per heavy atom. The molecular weight excluding hydrogens is 335 g/mol. The van der Waals surface area contributed by atoms with Gasteiger partial charge in [0.25, 0.3) is 11.8 Å². The lowest BCUT2D eigenvalue weighted by Gasteiger charge is -2.14. The van der Waals surface area contributed by atoms with E-state index in [0.29, 0.717) is 11.1 Å². The molecule has 0 aromatic heterocycles. The van der Waals surface area contributed by atoms with Gasteiger partial charge < -0.3 is 4.90 Å². The normalized spacial score (nSPS) is 11.5. The second kappa shape index (κ2) is 8.73. The van der Waals surface area contributed by atoms with Crippen molar-refractivity contribution in [3.05, 3.63) is 77.1 Å². The molecule has 26 heavy (non-hydrogen) atoms. The number of likely N-dealkylation sites (N-methyl/N-ethyl adjacent to an activating group) is 1. The molecule has 0 radical (unpaired) electrons. The summed E-state index contributed by atoms with van der Waals surface area (Å²) in [6.07, 6.45) is 4.47. The van der Waals surface area contributed by atoms with Crippen LogP contribution < -0.4 is 5.48 Å². The number of benzene rings is 2. The molecule has 0 aliphatic carbocycles. The summed E-state index contributed by atoms with van der Waals surface area (Å²) >= 11 is 0. The molecule has 2 rings (SSSR count). The molecule has 5 nitrogen and oxygen atoms in total. The Labute approximate surface area is 151 Å². The van der Waals surface area contributed by atoms with E-state index in [1.165, 1.54) is 28.6 Å². The number of rotatable bonds is 5. The Morgan fingerprint density at radius 3 is 2.12 bits per heavy atom. The second-order valence-electron chi connectivity index (χ2n) is 5.74. The maximum absolute atomic E-state index is 13.2. The monoisotopic (exact) mass is 354 g/mol. The average Bonchev–Trinajstić information content (AvgIpc) is 2.65. The van der Waals surface area contributed by atoms with Gasteiger partial charge in [-0.3, -0.25) is 14.8 Å². The van der Waals surface area contributed by atoms with Crippen molar-refractivity contribution < 1.29 is 19.2 Å². The fourth-order valence-corrected chi connectivity index (χ4v) is 2.22. The van der Waals surface area contributed by atoms with Crippen LogP contribution in [0.4, 0.5) is 4.39 Å². The largest absolute Gasteiger partial charge is 0.345 e. The van der Waals surface area contributed by atoms with Crippen molar-refractivity contribution in [2.75, 3.05) is 14.1 Å². The molecule has 0 saturated carbocycles. The van der Waals surface area contributed by atoms with E-state index >= 15 is 0 Å². The van der Waals surface area contributed by atoms with Crippen molar-refractivity contribution in [3.63, 3.8) is 0 Å². The molecule has 2 aromatic rings. The third-order valence-electron chi connectivity index (χ3n) is 3.58. The molecule has 0 fully saturated rings. The fraction of sp³-hybridized carbons (Fsp3) is 0.100. The lowest BCUT2D eigenvalue weighted by atomic mass is 10.0. The van der Waals surface area contributed by atoms with E-state index in [4.69, 9.17) is 5.21 Å². The van der Waals surface area contributed by atoms with Crippen LogP contribution in [-0.4, -0.2) is 36.0 Å². The molecular formula is C20H19FN2O3. The molecule has 0 aliphatic heterocycles. The third-order valence-corrected chi connectivity index (χ3v) is 3.58. The lowest BCUT2D eigenvalue weighted by Crippen LogP contribution is -2.22. The number of nitrogens with zero attached hydrogens (tertiary/aromatic N) is 1. The first kappa shape index (κ1) is 19.1. The van der Waals surface area contributed by atoms with Crippen molar-refractivity contribution >= 4 is 29.5 Å². The van der Waals surface area contributed by atoms with Gasteiger partial charge in [0.2, 0.25) is 0 Å². The zero-order valence-electron chi connectivity index (χ0n) is 14.4. The minimum absolute atomic E-state index is 0.194. The summed E-state index contributed by atoms with van der Waals surface area (Å²) in [5.41, 5.74) is 4.11. The Hall–Kier alpha value is -3.25. The minimum atomic E-state index is -0.621. The predicted octanol–water partition coefficient (Wildman–Crippen LogP) is 2.97. The highest BCUT2D eigenvalue weighted by molar-refractivity contribution is 6.24. The smallest absolute Gasteiger partial charge is 0.267 e. The molecule has 0 heterocycles. The number of carbonyl (C=O) groups is 2. The van der Waals surface area contributed by atoms with Crippen LogP contribution in [0.3, 0.4) is 0 Å². The molecule has 2 N–H and O–H groups in total. The molecule has 0 aliphatic rings. The highest BCUT2D eigenvalue weighted by Gasteiger charge is 2.14. The Kier molecular flexibility index (Phi) is 6.41. The molecule has 0 saturated heterocycles. The van der Waals surface area contributed by atoms with Crippen molar-refractivity contribution in [2.24, 2.45) is 0 Å². The van der Waals surface area contributed by atoms with Gasteiger partial charge in [0.1, 0.15) is 5.82 Å². The number of amides is 2. The SMILES string of the molecule is CN(C)C(=O)C(=Cc1ccc(/C=C/C(=O)NO)cc1)c1ccc(F)cc1. The highest BCUT2D eigenvalue weighted by Crippen LogP contribution is 2.21. The summed E-state index contributed by atoms with van der Waals surface area (Å²) in [6.45, 7) is 0. The summed E-state index contributed by atoms with van der Waals surface area (Å²) in [5, 5.41) is 8.46. The van der Waals surface area contributed by atoms with Crippen molar-refractivity contribution in [2.45, 2.75) is 0 Å². The first-order valence-electron chi connectivity index (χ1n) is 7.82. The van der Waals surface area contributed by atoms with Gasteiger partial charge in [-0.15, -0.1) is 0 Å². The maximum Gasteiger partial charge on any atom is 0.267 e. The summed E-state index contributed by atoms with van der Waals surface area (Å²) in [4.78, 5) is 24.9. The van der Waals surface area contributed by atoms with Crippen molar-refractivity contribution in [1.29, 1.82) is 0 Å². The van der Waals surface area contributed by atoms with E-state index in [0.717, 1.165) is 11.1 Å². The van der Waals surface area contributed by atoms with E-state index in [1.807, 2.05) is 0 Å². The second-order valence-corrected chi connectivity index (χ2v) is 5.74. The van der Waals surface area contributed by atoms with E-state index in [1.54, 1.807) is 62.6 Å². The van der Waals surface area contributed by atoms with Gasteiger partial charge in [-0.2, -0.15) is 0 Å². The predicted molar refractivity (Wildman–Crippen MR) is 98.4 cm³/mol. The number of halogens is 1. The Bertz CT molecular complexity index is 838. The maximum atomic E-state index is 13.2. The van der Waals surface area contributed by atoms with E-state index in [9.17, 15) is 14.0 Å². The van der Waals surface area contributed by atoms with Gasteiger partial charge in [-0.1, -0.05) is 36.4 Å². The standard InChI is InChI=1S/C20H19FN2O3/c1-23(2)20(25)18(16-8-10-17(21)11-9-16)13-15-5-3-14(4-6-15)7-12-19(24)22-26/h3-13,26H,1-2H3,(H,22,24)/b12-7+,18-13?. The number of carbonyl (C=O) groups excluding carboxylic acids is 2. The molecule has 2 aromatic carbocycles. The summed E-state index contributed by atoms with van der Waals surface area (Å²) in [6, 6.07) is 12.9. The number of hydroxylamine groups is 1. The van der Waals surface area contributed by atoms with Crippen LogP contribution in [0.15, 0.2) is 54.6 Å². The van der Waals surface area contributed by atoms with E-state index in [-0.39, 0.29) is 11.7 Å². The number of nitrogens with one attached hydrogen (secondary N) is 1. The molecule has 0 unspecified atom stereocenters. The Balaban J connectivity index is 2.34. The molecule has 2 amide bonds. The minimum Gasteiger partial charge on any atom is -0.345 e. The first-order chi connectivity index (χ1) is 12.4. The summed E-state index contributed by atoms with van der Waals surface area (Å²) < 4.78 is 13.2. The zero-order chi connectivity index (χ0) is 19.1. The quantitative estimate of drug-likeness (QED) is 0.375. The number of hydrogen-bond acceptors (Lipinski definition) is 3. The topological polar surface area (TPSA) is 69.6 Å². The van der Waals surface area contributed by atoms with E-state index in [2.05, 4.69) is 0 Å². The number of hydrogen-bond donors (Lipinski definition) is 2. The fourth-order valence-electron chi connectivity index (χ4n) is 2.22. The zero-order valence-corrected chi connectivity index (χ0v) is 14.4. The molecule has 134 valence electrons. The van der Waals surface area contributed by atoms with Gasteiger partial charge >= 0.3 is 0 Å². The first-order valence-corrected chi connectivity index (χ1v) is 7.82. The van der Waals surface area contributed by atoms with Gasteiger partial charge in [0.15, 0.2) is 0 Å². The molecule has 0 bridgehead atoms. The third kappa shape index (κ3) is 5.12. The average molecular weight is 354 g/mol. The Morgan fingerprint density at radius 1 is 1.00 bits per heavy atom. The molecule has 6 heteroatoms. The van der Waals surface area contributed by atoms with Crippen LogP contribution in [0.1, 0.15) is 16.7 Å². The molecule has 0 atom stereocenters. The van der Waals surface area contributed by atoms with Crippen LogP contribution in [0, 0.1) is 5.82 Å². The van der Waals surface area contributed by atoms with Crippen molar-refractivity contribution in [1.82, 2.24) is 10.4 Å². The van der Waals surface area contributed by atoms with Gasteiger partial charge in [-0.25, -0.2) is 9.87 Å². The van der Waals surface area contributed by atoms with Gasteiger partial charge in [0, 0.05) is 25.7 Å². The summed E-state index contributed by atoms with van der Waals surface area (Å²) in [5.74, 6) is -1.18. The van der Waals surface area contributed by atoms with Gasteiger partial charge in [0.05, 0.1) is 0 Å².